The molecular formula is C21H25NO5S. The van der Waals surface area contributed by atoms with Crippen molar-refractivity contribution in [3.63, 3.8) is 0 Å². The van der Waals surface area contributed by atoms with Crippen molar-refractivity contribution in [3.05, 3.63) is 54.1 Å². The van der Waals surface area contributed by atoms with E-state index in [2.05, 4.69) is 5.32 Å². The summed E-state index contributed by atoms with van der Waals surface area (Å²) in [5, 5.41) is 2.75. The maximum absolute atomic E-state index is 12.2. The summed E-state index contributed by atoms with van der Waals surface area (Å²) >= 11 is 1.35. The van der Waals surface area contributed by atoms with E-state index in [0.29, 0.717) is 18.9 Å². The molecule has 0 radical (unpaired) electrons. The molecule has 1 atom stereocenters. The smallest absolute Gasteiger partial charge is 0.317 e. The molecule has 0 bridgehead atoms. The first kappa shape index (κ1) is 21.6. The van der Waals surface area contributed by atoms with Crippen LogP contribution in [0.5, 0.6) is 11.5 Å². The van der Waals surface area contributed by atoms with Crippen LogP contribution in [0.4, 0.5) is 0 Å². The molecule has 0 saturated heterocycles. The van der Waals surface area contributed by atoms with Crippen molar-refractivity contribution < 1.29 is 23.8 Å². The van der Waals surface area contributed by atoms with Crippen LogP contribution in [-0.2, 0) is 20.9 Å². The van der Waals surface area contributed by atoms with Gasteiger partial charge in [-0.3, -0.25) is 9.59 Å². The van der Waals surface area contributed by atoms with Gasteiger partial charge in [0, 0.05) is 17.0 Å². The summed E-state index contributed by atoms with van der Waals surface area (Å²) in [5.74, 6) is 0.802. The van der Waals surface area contributed by atoms with E-state index in [4.69, 9.17) is 14.2 Å². The summed E-state index contributed by atoms with van der Waals surface area (Å²) in [6, 6.07) is 14.9. The molecule has 1 amide bonds. The molecule has 2 rings (SSSR count). The van der Waals surface area contributed by atoms with Crippen molar-refractivity contribution >= 4 is 23.6 Å². The van der Waals surface area contributed by atoms with Crippen LogP contribution < -0.4 is 14.8 Å². The first-order valence-corrected chi connectivity index (χ1v) is 9.96. The van der Waals surface area contributed by atoms with Crippen molar-refractivity contribution in [3.8, 4) is 11.5 Å². The number of rotatable bonds is 10. The lowest BCUT2D eigenvalue weighted by Crippen LogP contribution is -2.35. The summed E-state index contributed by atoms with van der Waals surface area (Å²) in [5.41, 5.74) is 0.850. The van der Waals surface area contributed by atoms with Gasteiger partial charge >= 0.3 is 5.97 Å². The van der Waals surface area contributed by atoms with Crippen molar-refractivity contribution in [1.82, 2.24) is 5.32 Å². The number of benzene rings is 2. The molecule has 150 valence electrons. The van der Waals surface area contributed by atoms with Crippen LogP contribution in [0.25, 0.3) is 0 Å². The van der Waals surface area contributed by atoms with Crippen molar-refractivity contribution in [2.45, 2.75) is 31.4 Å². The zero-order valence-electron chi connectivity index (χ0n) is 16.3. The highest BCUT2D eigenvalue weighted by Gasteiger charge is 2.18. The van der Waals surface area contributed by atoms with Gasteiger partial charge in [-0.1, -0.05) is 18.2 Å². The summed E-state index contributed by atoms with van der Waals surface area (Å²) in [6.45, 7) is 4.38. The molecule has 1 N–H and O–H groups in total. The second-order valence-corrected chi connectivity index (χ2v) is 6.90. The maximum Gasteiger partial charge on any atom is 0.317 e. The number of esters is 1. The minimum Gasteiger partial charge on any atom is -0.496 e. The third-order valence-electron chi connectivity index (χ3n) is 3.81. The SMILES string of the molecule is CCOc1ccc(SCC(=O)O[C@H](C)C(=O)NCc2ccccc2OC)cc1. The molecule has 0 aromatic heterocycles. The van der Waals surface area contributed by atoms with Gasteiger partial charge in [-0.2, -0.15) is 0 Å². The Kier molecular flexibility index (Phi) is 8.68. The van der Waals surface area contributed by atoms with Gasteiger partial charge in [-0.25, -0.2) is 0 Å². The second-order valence-electron chi connectivity index (χ2n) is 5.85. The topological polar surface area (TPSA) is 73.9 Å². The number of nitrogens with one attached hydrogen (secondary N) is 1. The van der Waals surface area contributed by atoms with Crippen LogP contribution in [0.2, 0.25) is 0 Å². The van der Waals surface area contributed by atoms with Gasteiger partial charge in [-0.15, -0.1) is 11.8 Å². The lowest BCUT2D eigenvalue weighted by Gasteiger charge is -2.14. The standard InChI is InChI=1S/C21H25NO5S/c1-4-26-17-9-11-18(12-10-17)28-14-20(23)27-15(2)21(24)22-13-16-7-5-6-8-19(16)25-3/h5-12,15H,4,13-14H2,1-3H3,(H,22,24)/t15-/m1/s1. The molecule has 0 aliphatic heterocycles. The van der Waals surface area contributed by atoms with Crippen LogP contribution in [0.15, 0.2) is 53.4 Å². The van der Waals surface area contributed by atoms with Gasteiger partial charge in [0.25, 0.3) is 5.91 Å². The Morgan fingerprint density at radius 2 is 1.82 bits per heavy atom. The molecule has 2 aromatic rings. The Balaban J connectivity index is 1.75. The molecule has 7 heteroatoms. The maximum atomic E-state index is 12.2. The first-order chi connectivity index (χ1) is 13.5. The van der Waals surface area contributed by atoms with Crippen molar-refractivity contribution in [1.29, 1.82) is 0 Å². The number of carbonyl (C=O) groups excluding carboxylic acids is 2. The van der Waals surface area contributed by atoms with Crippen LogP contribution in [0.1, 0.15) is 19.4 Å². The summed E-state index contributed by atoms with van der Waals surface area (Å²) < 4.78 is 15.8. The normalized spacial score (nSPS) is 11.4. The largest absolute Gasteiger partial charge is 0.496 e. The Bertz CT molecular complexity index is 779. The fourth-order valence-corrected chi connectivity index (χ4v) is 3.08. The van der Waals surface area contributed by atoms with Crippen LogP contribution in [0, 0.1) is 0 Å². The Morgan fingerprint density at radius 3 is 2.50 bits per heavy atom. The lowest BCUT2D eigenvalue weighted by atomic mass is 10.2. The molecule has 0 fully saturated rings. The van der Waals surface area contributed by atoms with Crippen LogP contribution >= 0.6 is 11.8 Å². The molecule has 0 unspecified atom stereocenters. The van der Waals surface area contributed by atoms with E-state index in [1.807, 2.05) is 55.5 Å². The highest BCUT2D eigenvalue weighted by Crippen LogP contribution is 2.22. The van der Waals surface area contributed by atoms with Gasteiger partial charge in [0.2, 0.25) is 0 Å². The van der Waals surface area contributed by atoms with Crippen molar-refractivity contribution in [2.75, 3.05) is 19.5 Å². The Labute approximate surface area is 169 Å². The van der Waals surface area contributed by atoms with Gasteiger partial charge in [0.15, 0.2) is 6.10 Å². The minimum absolute atomic E-state index is 0.123. The fraction of sp³-hybridized carbons (Fsp3) is 0.333. The number of ether oxygens (including phenoxy) is 3. The van der Waals surface area contributed by atoms with E-state index in [1.54, 1.807) is 14.0 Å². The highest BCUT2D eigenvalue weighted by molar-refractivity contribution is 8.00. The molecule has 2 aromatic carbocycles. The first-order valence-electron chi connectivity index (χ1n) is 8.98. The van der Waals surface area contributed by atoms with Crippen LogP contribution in [0.3, 0.4) is 0 Å². The number of thioether (sulfide) groups is 1. The van der Waals surface area contributed by atoms with Crippen LogP contribution in [-0.4, -0.2) is 37.4 Å². The molecule has 0 spiro atoms. The zero-order chi connectivity index (χ0) is 20.4. The average Bonchev–Trinajstić information content (AvgIpc) is 2.71. The highest BCUT2D eigenvalue weighted by atomic mass is 32.2. The Hall–Kier alpha value is -2.67. The molecule has 0 heterocycles. The van der Waals surface area contributed by atoms with E-state index in [1.165, 1.54) is 11.8 Å². The third-order valence-corrected chi connectivity index (χ3v) is 4.80. The summed E-state index contributed by atoms with van der Waals surface area (Å²) in [4.78, 5) is 25.1. The summed E-state index contributed by atoms with van der Waals surface area (Å²) in [6.07, 6.45) is -0.872. The quantitative estimate of drug-likeness (QED) is 0.484. The molecule has 28 heavy (non-hydrogen) atoms. The lowest BCUT2D eigenvalue weighted by molar-refractivity contribution is -0.152. The molecule has 0 aliphatic rings. The van der Waals surface area contributed by atoms with Crippen molar-refractivity contribution in [2.24, 2.45) is 0 Å². The summed E-state index contributed by atoms with van der Waals surface area (Å²) in [7, 11) is 1.58. The number of methoxy groups -OCH3 is 1. The number of amides is 1. The molecule has 0 aliphatic carbocycles. The van der Waals surface area contributed by atoms with E-state index >= 15 is 0 Å². The number of para-hydroxylation sites is 1. The van der Waals surface area contributed by atoms with Gasteiger partial charge < -0.3 is 19.5 Å². The molecule has 6 nitrogen and oxygen atoms in total. The molecular weight excluding hydrogens is 378 g/mol. The number of carbonyl (C=O) groups is 2. The minimum atomic E-state index is -0.872. The predicted octanol–water partition coefficient (Wildman–Crippen LogP) is 3.43. The van der Waals surface area contributed by atoms with Gasteiger partial charge in [0.05, 0.1) is 19.5 Å². The monoisotopic (exact) mass is 403 g/mol. The predicted molar refractivity (Wildman–Crippen MR) is 109 cm³/mol. The third kappa shape index (κ3) is 6.81. The van der Waals surface area contributed by atoms with E-state index in [9.17, 15) is 9.59 Å². The van der Waals surface area contributed by atoms with E-state index in [0.717, 1.165) is 16.2 Å². The number of hydrogen-bond acceptors (Lipinski definition) is 6. The zero-order valence-corrected chi connectivity index (χ0v) is 17.1. The fourth-order valence-electron chi connectivity index (χ4n) is 2.40. The van der Waals surface area contributed by atoms with E-state index in [-0.39, 0.29) is 11.7 Å². The van der Waals surface area contributed by atoms with Gasteiger partial charge in [-0.05, 0) is 44.2 Å². The number of hydrogen-bond donors (Lipinski definition) is 1. The Morgan fingerprint density at radius 1 is 1.11 bits per heavy atom. The van der Waals surface area contributed by atoms with Gasteiger partial charge in [0.1, 0.15) is 11.5 Å². The second kappa shape index (κ2) is 11.2. The van der Waals surface area contributed by atoms with E-state index < -0.39 is 12.1 Å². The molecule has 0 saturated carbocycles. The average molecular weight is 404 g/mol.